The van der Waals surface area contributed by atoms with Gasteiger partial charge in [0, 0.05) is 24.8 Å². The number of H-pyrrole nitrogens is 1. The lowest BCUT2D eigenvalue weighted by atomic mass is 9.83. The molecule has 1 atom stereocenters. The molecule has 184 valence electrons. The average molecular weight is 480 g/mol. The van der Waals surface area contributed by atoms with E-state index >= 15 is 0 Å². The number of fused-ring (bicyclic) bond motifs is 1. The van der Waals surface area contributed by atoms with Crippen LogP contribution in [0.4, 0.5) is 5.69 Å². The van der Waals surface area contributed by atoms with Gasteiger partial charge in [0.2, 0.25) is 5.82 Å². The van der Waals surface area contributed by atoms with Crippen molar-refractivity contribution in [1.29, 1.82) is 0 Å². The van der Waals surface area contributed by atoms with Crippen LogP contribution in [0.5, 0.6) is 5.75 Å². The summed E-state index contributed by atoms with van der Waals surface area (Å²) in [7, 11) is 0. The molecular formula is C26H29N3O6. The summed E-state index contributed by atoms with van der Waals surface area (Å²) in [6.07, 6.45) is 3.39. The Balaban J connectivity index is 1.64. The van der Waals surface area contributed by atoms with Crippen LogP contribution in [0.3, 0.4) is 0 Å². The molecule has 0 saturated carbocycles. The quantitative estimate of drug-likeness (QED) is 0.385. The number of ether oxygens (including phenoxy) is 2. The molecule has 9 heteroatoms. The van der Waals surface area contributed by atoms with E-state index in [-0.39, 0.29) is 17.9 Å². The minimum atomic E-state index is -0.785. The fraction of sp³-hybridized carbons (Fsp3) is 0.385. The van der Waals surface area contributed by atoms with Crippen LogP contribution in [0.15, 0.2) is 33.6 Å². The second kappa shape index (κ2) is 10.3. The van der Waals surface area contributed by atoms with Gasteiger partial charge in [-0.25, -0.2) is 4.79 Å². The van der Waals surface area contributed by atoms with Crippen molar-refractivity contribution in [3.63, 3.8) is 0 Å². The van der Waals surface area contributed by atoms with Crippen molar-refractivity contribution in [3.05, 3.63) is 74.0 Å². The number of hydrogen-bond donors (Lipinski definition) is 2. The number of esters is 1. The molecule has 0 fully saturated rings. The van der Waals surface area contributed by atoms with Gasteiger partial charge in [-0.1, -0.05) is 6.07 Å². The van der Waals surface area contributed by atoms with Gasteiger partial charge in [0.15, 0.2) is 0 Å². The smallest absolute Gasteiger partial charge is 0.426 e. The summed E-state index contributed by atoms with van der Waals surface area (Å²) in [6.45, 7) is 7.96. The Kier molecular flexibility index (Phi) is 7.16. The van der Waals surface area contributed by atoms with Crippen LogP contribution >= 0.6 is 0 Å². The lowest BCUT2D eigenvalue weighted by molar-refractivity contribution is -0.132. The predicted octanol–water partition coefficient (Wildman–Crippen LogP) is 4.16. The number of aryl methyl sites for hydroxylation is 2. The van der Waals surface area contributed by atoms with Crippen LogP contribution in [-0.4, -0.2) is 28.6 Å². The molecule has 0 spiro atoms. The second-order valence-corrected chi connectivity index (χ2v) is 8.71. The third-order valence-electron chi connectivity index (χ3n) is 6.23. The molecule has 35 heavy (non-hydrogen) atoms. The van der Waals surface area contributed by atoms with Crippen molar-refractivity contribution >= 4 is 17.6 Å². The molecule has 0 saturated heterocycles. The number of nitrogens with one attached hydrogen (secondary N) is 2. The molecule has 0 radical (unpaired) electrons. The standard InChI is InChI=1S/C26H29N3O6/c1-5-33-21-8-6-7-19-17(9-10-22(23(19)21)34-16(4)30)13-20-14(2)11-18(12-15(20)3)27-25(31)24-28-26(32)35-29-24/h9-12,21H,5-8,13H2,1-4H3,(H,27,31)(H,28,29,32)/t21-/m0/s1. The van der Waals surface area contributed by atoms with Gasteiger partial charge in [-0.2, -0.15) is 0 Å². The van der Waals surface area contributed by atoms with Crippen molar-refractivity contribution < 1.29 is 23.6 Å². The van der Waals surface area contributed by atoms with Gasteiger partial charge in [-0.3, -0.25) is 19.1 Å². The molecule has 1 aromatic heterocycles. The first-order valence-electron chi connectivity index (χ1n) is 11.7. The van der Waals surface area contributed by atoms with Crippen molar-refractivity contribution in [1.82, 2.24) is 10.1 Å². The van der Waals surface area contributed by atoms with Crippen LogP contribution < -0.4 is 15.8 Å². The van der Waals surface area contributed by atoms with E-state index in [4.69, 9.17) is 9.47 Å². The first-order chi connectivity index (χ1) is 16.8. The third-order valence-corrected chi connectivity index (χ3v) is 6.23. The molecule has 9 nitrogen and oxygen atoms in total. The summed E-state index contributed by atoms with van der Waals surface area (Å²) in [5.74, 6) is -1.30. The molecule has 0 bridgehead atoms. The van der Waals surface area contributed by atoms with E-state index in [1.807, 2.05) is 45.0 Å². The lowest BCUT2D eigenvalue weighted by Crippen LogP contribution is -2.18. The number of amides is 1. The highest BCUT2D eigenvalue weighted by molar-refractivity contribution is 6.01. The summed E-state index contributed by atoms with van der Waals surface area (Å²) in [4.78, 5) is 37.4. The Bertz CT molecular complexity index is 1300. The topological polar surface area (TPSA) is 124 Å². The second-order valence-electron chi connectivity index (χ2n) is 8.71. The zero-order chi connectivity index (χ0) is 25.1. The molecule has 0 unspecified atom stereocenters. The van der Waals surface area contributed by atoms with E-state index in [0.717, 1.165) is 41.5 Å². The number of aromatic amines is 1. The Morgan fingerprint density at radius 1 is 1.23 bits per heavy atom. The van der Waals surface area contributed by atoms with Crippen LogP contribution in [0, 0.1) is 13.8 Å². The summed E-state index contributed by atoms with van der Waals surface area (Å²) in [5.41, 5.74) is 7.11. The largest absolute Gasteiger partial charge is 0.439 e. The fourth-order valence-corrected chi connectivity index (χ4v) is 4.78. The van der Waals surface area contributed by atoms with Gasteiger partial charge in [0.1, 0.15) is 5.75 Å². The summed E-state index contributed by atoms with van der Waals surface area (Å²) < 4.78 is 15.9. The highest BCUT2D eigenvalue weighted by atomic mass is 16.5. The number of benzene rings is 2. The SMILES string of the molecule is CCO[C@H]1CCCc2c(Cc3c(C)cc(NC(=O)c4noc(=O)[nH]4)cc3C)ccc(OC(C)=O)c21. The number of carbonyl (C=O) groups is 2. The number of rotatable bonds is 7. The van der Waals surface area contributed by atoms with Crippen LogP contribution in [0.1, 0.15) is 76.8 Å². The normalized spacial score (nSPS) is 14.9. The van der Waals surface area contributed by atoms with Crippen molar-refractivity contribution in [2.75, 3.05) is 11.9 Å². The predicted molar refractivity (Wildman–Crippen MR) is 129 cm³/mol. The van der Waals surface area contributed by atoms with Crippen molar-refractivity contribution in [2.45, 2.75) is 59.5 Å². The Morgan fingerprint density at radius 3 is 2.60 bits per heavy atom. The van der Waals surface area contributed by atoms with E-state index in [1.165, 1.54) is 18.1 Å². The molecule has 0 aliphatic heterocycles. The first-order valence-corrected chi connectivity index (χ1v) is 11.7. The molecule has 1 amide bonds. The van der Waals surface area contributed by atoms with Crippen LogP contribution in [0.2, 0.25) is 0 Å². The zero-order valence-electron chi connectivity index (χ0n) is 20.3. The fourth-order valence-electron chi connectivity index (χ4n) is 4.78. The molecule has 1 aliphatic carbocycles. The molecule has 1 aliphatic rings. The Labute approximate surface area is 202 Å². The molecule has 4 rings (SSSR count). The van der Waals surface area contributed by atoms with Gasteiger partial charge in [0.25, 0.3) is 5.91 Å². The average Bonchev–Trinajstić information content (AvgIpc) is 3.24. The van der Waals surface area contributed by atoms with Crippen LogP contribution in [-0.2, 0) is 22.4 Å². The Hall–Kier alpha value is -3.72. The van der Waals surface area contributed by atoms with Crippen molar-refractivity contribution in [2.24, 2.45) is 0 Å². The number of anilines is 1. The monoisotopic (exact) mass is 479 g/mol. The number of carbonyl (C=O) groups excluding carboxylic acids is 2. The van der Waals surface area contributed by atoms with E-state index < -0.39 is 11.7 Å². The van der Waals surface area contributed by atoms with Gasteiger partial charge in [0.05, 0.1) is 6.10 Å². The Morgan fingerprint density at radius 2 is 1.97 bits per heavy atom. The van der Waals surface area contributed by atoms with E-state index in [9.17, 15) is 14.4 Å². The number of aromatic nitrogens is 2. The maximum absolute atomic E-state index is 12.3. The van der Waals surface area contributed by atoms with Crippen LogP contribution in [0.25, 0.3) is 0 Å². The first kappa shape index (κ1) is 24.4. The zero-order valence-corrected chi connectivity index (χ0v) is 20.3. The third kappa shape index (κ3) is 5.35. The molecule has 3 aromatic rings. The minimum Gasteiger partial charge on any atom is -0.426 e. The molecule has 2 N–H and O–H groups in total. The van der Waals surface area contributed by atoms with Gasteiger partial charge in [-0.05, 0) is 97.6 Å². The highest BCUT2D eigenvalue weighted by Crippen LogP contribution is 2.41. The summed E-state index contributed by atoms with van der Waals surface area (Å²) in [5, 5.41) is 6.16. The van der Waals surface area contributed by atoms with E-state index in [2.05, 4.69) is 20.0 Å². The van der Waals surface area contributed by atoms with Gasteiger partial charge < -0.3 is 14.8 Å². The van der Waals surface area contributed by atoms with Crippen molar-refractivity contribution in [3.8, 4) is 5.75 Å². The number of nitrogens with zero attached hydrogens (tertiary/aromatic N) is 1. The van der Waals surface area contributed by atoms with Gasteiger partial charge in [-0.15, -0.1) is 0 Å². The van der Waals surface area contributed by atoms with Gasteiger partial charge >= 0.3 is 11.7 Å². The maximum Gasteiger partial charge on any atom is 0.439 e. The number of hydrogen-bond acceptors (Lipinski definition) is 7. The minimum absolute atomic E-state index is 0.0965. The summed E-state index contributed by atoms with van der Waals surface area (Å²) >= 11 is 0. The lowest BCUT2D eigenvalue weighted by Gasteiger charge is -2.29. The molecular weight excluding hydrogens is 450 g/mol. The summed E-state index contributed by atoms with van der Waals surface area (Å²) in [6, 6.07) is 7.67. The molecule has 2 aromatic carbocycles. The highest BCUT2D eigenvalue weighted by Gasteiger charge is 2.28. The molecule has 1 heterocycles. The van der Waals surface area contributed by atoms with E-state index in [0.29, 0.717) is 24.5 Å². The van der Waals surface area contributed by atoms with E-state index in [1.54, 1.807) is 0 Å². The maximum atomic E-state index is 12.3.